The largest absolute Gasteiger partial charge is 0.366 e. The molecule has 0 fully saturated rings. The van der Waals surface area contributed by atoms with Crippen molar-refractivity contribution in [2.24, 2.45) is 5.73 Å². The number of carbonyl (C=O) groups excluding carboxylic acids is 2. The third-order valence-corrected chi connectivity index (χ3v) is 3.51. The van der Waals surface area contributed by atoms with Crippen LogP contribution in [0.3, 0.4) is 0 Å². The molecule has 0 unspecified atom stereocenters. The molecule has 2 aromatic carbocycles. The molecule has 22 heavy (non-hydrogen) atoms. The maximum absolute atomic E-state index is 12.0. The average Bonchev–Trinajstić information content (AvgIpc) is 2.48. The summed E-state index contributed by atoms with van der Waals surface area (Å²) in [5, 5.41) is 2.78. The predicted octanol–water partition coefficient (Wildman–Crippen LogP) is 3.06. The van der Waals surface area contributed by atoms with Crippen molar-refractivity contribution in [2.45, 2.75) is 26.2 Å². The van der Waals surface area contributed by atoms with Gasteiger partial charge in [-0.05, 0) is 37.0 Å². The van der Waals surface area contributed by atoms with Gasteiger partial charge in [0.25, 0.3) is 5.91 Å². The Morgan fingerprint density at radius 3 is 2.45 bits per heavy atom. The van der Waals surface area contributed by atoms with Gasteiger partial charge in [0.05, 0.1) is 11.3 Å². The van der Waals surface area contributed by atoms with Crippen LogP contribution in [0.2, 0.25) is 0 Å². The fourth-order valence-corrected chi connectivity index (χ4v) is 2.41. The molecule has 0 spiro atoms. The molecule has 114 valence electrons. The Hall–Kier alpha value is -2.62. The van der Waals surface area contributed by atoms with Gasteiger partial charge in [-0.3, -0.25) is 9.59 Å². The van der Waals surface area contributed by atoms with Crippen LogP contribution in [0, 0.1) is 6.92 Å². The third kappa shape index (κ3) is 4.19. The summed E-state index contributed by atoms with van der Waals surface area (Å²) < 4.78 is 0. The number of primary amides is 1. The van der Waals surface area contributed by atoms with Crippen LogP contribution in [-0.2, 0) is 11.2 Å². The molecular weight excluding hydrogens is 276 g/mol. The van der Waals surface area contributed by atoms with Gasteiger partial charge < -0.3 is 11.1 Å². The number of aryl methyl sites for hydroxylation is 2. The quantitative estimate of drug-likeness (QED) is 0.860. The number of nitrogens with one attached hydrogen (secondary N) is 1. The van der Waals surface area contributed by atoms with Gasteiger partial charge in [-0.1, -0.05) is 42.5 Å². The molecule has 4 nitrogen and oxygen atoms in total. The average molecular weight is 296 g/mol. The van der Waals surface area contributed by atoms with Crippen molar-refractivity contribution in [3.8, 4) is 0 Å². The molecule has 0 aromatic heterocycles. The van der Waals surface area contributed by atoms with Crippen LogP contribution in [0.15, 0.2) is 48.5 Å². The molecule has 0 bridgehead atoms. The van der Waals surface area contributed by atoms with E-state index in [0.717, 1.165) is 18.4 Å². The summed E-state index contributed by atoms with van der Waals surface area (Å²) >= 11 is 0. The van der Waals surface area contributed by atoms with E-state index in [1.165, 1.54) is 5.56 Å². The number of anilines is 1. The number of amides is 2. The lowest BCUT2D eigenvalue weighted by atomic mass is 10.1. The lowest BCUT2D eigenvalue weighted by Crippen LogP contribution is -2.19. The summed E-state index contributed by atoms with van der Waals surface area (Å²) in [7, 11) is 0. The van der Waals surface area contributed by atoms with Crippen LogP contribution in [0.1, 0.15) is 34.3 Å². The lowest BCUT2D eigenvalue weighted by Gasteiger charge is -2.11. The highest BCUT2D eigenvalue weighted by atomic mass is 16.2. The second-order valence-corrected chi connectivity index (χ2v) is 5.25. The highest BCUT2D eigenvalue weighted by Crippen LogP contribution is 2.19. The number of nitrogens with two attached hydrogens (primary N) is 1. The summed E-state index contributed by atoms with van der Waals surface area (Å²) in [6, 6.07) is 15.3. The van der Waals surface area contributed by atoms with Gasteiger partial charge in [-0.25, -0.2) is 0 Å². The summed E-state index contributed by atoms with van der Waals surface area (Å²) in [6.45, 7) is 1.80. The molecule has 0 heterocycles. The molecule has 2 rings (SSSR count). The molecule has 3 N–H and O–H groups in total. The topological polar surface area (TPSA) is 72.2 Å². The van der Waals surface area contributed by atoms with Crippen molar-refractivity contribution in [1.29, 1.82) is 0 Å². The van der Waals surface area contributed by atoms with Crippen LogP contribution in [0.5, 0.6) is 0 Å². The van der Waals surface area contributed by atoms with E-state index in [2.05, 4.69) is 5.32 Å². The van der Waals surface area contributed by atoms with Crippen molar-refractivity contribution in [1.82, 2.24) is 0 Å². The molecular formula is C18H20N2O2. The SMILES string of the molecule is Cc1cccc(NC(=O)CCCc2ccccc2)c1C(N)=O. The van der Waals surface area contributed by atoms with E-state index >= 15 is 0 Å². The molecule has 0 atom stereocenters. The maximum atomic E-state index is 12.0. The van der Waals surface area contributed by atoms with Crippen LogP contribution >= 0.6 is 0 Å². The summed E-state index contributed by atoms with van der Waals surface area (Å²) in [4.78, 5) is 23.5. The molecule has 0 aliphatic carbocycles. The molecule has 2 aromatic rings. The van der Waals surface area contributed by atoms with Crippen molar-refractivity contribution in [3.05, 3.63) is 65.2 Å². The van der Waals surface area contributed by atoms with Crippen LogP contribution in [0.25, 0.3) is 0 Å². The third-order valence-electron chi connectivity index (χ3n) is 3.51. The number of hydrogen-bond acceptors (Lipinski definition) is 2. The van der Waals surface area contributed by atoms with E-state index in [1.807, 2.05) is 30.3 Å². The fraction of sp³-hybridized carbons (Fsp3) is 0.222. The Bertz CT molecular complexity index is 666. The molecule has 0 saturated carbocycles. The minimum absolute atomic E-state index is 0.107. The van der Waals surface area contributed by atoms with Gasteiger partial charge in [-0.15, -0.1) is 0 Å². The summed E-state index contributed by atoms with van der Waals surface area (Å²) in [5.41, 5.74) is 8.21. The second-order valence-electron chi connectivity index (χ2n) is 5.25. The molecule has 0 radical (unpaired) electrons. The Morgan fingerprint density at radius 1 is 1.05 bits per heavy atom. The van der Waals surface area contributed by atoms with Crippen LogP contribution < -0.4 is 11.1 Å². The summed E-state index contributed by atoms with van der Waals surface area (Å²) in [5.74, 6) is -0.637. The minimum Gasteiger partial charge on any atom is -0.366 e. The molecule has 4 heteroatoms. The zero-order chi connectivity index (χ0) is 15.9. The Morgan fingerprint density at radius 2 is 1.77 bits per heavy atom. The van der Waals surface area contributed by atoms with E-state index < -0.39 is 5.91 Å². The number of carbonyl (C=O) groups is 2. The van der Waals surface area contributed by atoms with Gasteiger partial charge >= 0.3 is 0 Å². The first-order chi connectivity index (χ1) is 10.6. The smallest absolute Gasteiger partial charge is 0.251 e. The Labute approximate surface area is 130 Å². The van der Waals surface area contributed by atoms with Gasteiger partial charge in [0, 0.05) is 6.42 Å². The van der Waals surface area contributed by atoms with Gasteiger partial charge in [0.15, 0.2) is 0 Å². The highest BCUT2D eigenvalue weighted by molar-refractivity contribution is 6.04. The lowest BCUT2D eigenvalue weighted by molar-refractivity contribution is -0.116. The normalized spacial score (nSPS) is 10.2. The monoisotopic (exact) mass is 296 g/mol. The standard InChI is InChI=1S/C18H20N2O2/c1-13-7-5-11-15(17(13)18(19)22)20-16(21)12-6-10-14-8-3-2-4-9-14/h2-5,7-9,11H,6,10,12H2,1H3,(H2,19,22)(H,20,21). The van der Waals surface area contributed by atoms with E-state index in [0.29, 0.717) is 17.7 Å². The van der Waals surface area contributed by atoms with Gasteiger partial charge in [0.1, 0.15) is 0 Å². The van der Waals surface area contributed by atoms with Crippen molar-refractivity contribution < 1.29 is 9.59 Å². The first kappa shape index (κ1) is 15.8. The van der Waals surface area contributed by atoms with Gasteiger partial charge in [0.2, 0.25) is 5.91 Å². The Kier molecular flexibility index (Phi) is 5.31. The number of rotatable bonds is 6. The first-order valence-corrected chi connectivity index (χ1v) is 7.31. The van der Waals surface area contributed by atoms with E-state index in [1.54, 1.807) is 25.1 Å². The Balaban J connectivity index is 1.93. The zero-order valence-electron chi connectivity index (χ0n) is 12.6. The second kappa shape index (κ2) is 7.41. The number of benzene rings is 2. The first-order valence-electron chi connectivity index (χ1n) is 7.31. The van der Waals surface area contributed by atoms with Crippen molar-refractivity contribution in [2.75, 3.05) is 5.32 Å². The molecule has 2 amide bonds. The molecule has 0 aliphatic heterocycles. The minimum atomic E-state index is -0.530. The molecule has 0 saturated heterocycles. The van der Waals surface area contributed by atoms with Gasteiger partial charge in [-0.2, -0.15) is 0 Å². The van der Waals surface area contributed by atoms with E-state index in [-0.39, 0.29) is 5.91 Å². The predicted molar refractivity (Wildman–Crippen MR) is 87.7 cm³/mol. The number of hydrogen-bond donors (Lipinski definition) is 2. The van der Waals surface area contributed by atoms with E-state index in [4.69, 9.17) is 5.73 Å². The van der Waals surface area contributed by atoms with Crippen molar-refractivity contribution >= 4 is 17.5 Å². The summed E-state index contributed by atoms with van der Waals surface area (Å²) in [6.07, 6.45) is 2.01. The van der Waals surface area contributed by atoms with Crippen LogP contribution in [-0.4, -0.2) is 11.8 Å². The maximum Gasteiger partial charge on any atom is 0.251 e. The fourth-order valence-electron chi connectivity index (χ4n) is 2.41. The van der Waals surface area contributed by atoms with E-state index in [9.17, 15) is 9.59 Å². The molecule has 0 aliphatic rings. The zero-order valence-corrected chi connectivity index (χ0v) is 12.6. The van der Waals surface area contributed by atoms with Crippen molar-refractivity contribution in [3.63, 3.8) is 0 Å². The highest BCUT2D eigenvalue weighted by Gasteiger charge is 2.13. The van der Waals surface area contributed by atoms with Crippen LogP contribution in [0.4, 0.5) is 5.69 Å².